The fourth-order valence-corrected chi connectivity index (χ4v) is 3.48. The zero-order valence-electron chi connectivity index (χ0n) is 12.2. The van der Waals surface area contributed by atoms with E-state index in [0.29, 0.717) is 26.2 Å². The van der Waals surface area contributed by atoms with Gasteiger partial charge in [0, 0.05) is 25.2 Å². The molecule has 0 radical (unpaired) electrons. The number of nitrogens with one attached hydrogen (secondary N) is 2. The molecule has 1 heterocycles. The molecule has 0 bridgehead atoms. The Hall–Kier alpha value is -1.02. The molecule has 118 valence electrons. The van der Waals surface area contributed by atoms with Gasteiger partial charge in [-0.25, -0.2) is 17.5 Å². The summed E-state index contributed by atoms with van der Waals surface area (Å²) in [6, 6.07) is 4.14. The van der Waals surface area contributed by atoms with E-state index in [1.165, 1.54) is 12.1 Å². The van der Waals surface area contributed by atoms with Crippen molar-refractivity contribution in [1.82, 2.24) is 10.0 Å². The number of ether oxygens (including phenoxy) is 1. The molecule has 2 N–H and O–H groups in total. The molecule has 1 saturated heterocycles. The van der Waals surface area contributed by atoms with Crippen molar-refractivity contribution in [3.63, 3.8) is 0 Å². The van der Waals surface area contributed by atoms with Crippen LogP contribution in [0, 0.1) is 5.82 Å². The molecular formula is C14H21FN2O3S. The second-order valence-corrected chi connectivity index (χ2v) is 7.16. The van der Waals surface area contributed by atoms with Gasteiger partial charge in [-0.3, -0.25) is 0 Å². The lowest BCUT2D eigenvalue weighted by Crippen LogP contribution is -2.35. The average Bonchev–Trinajstić information content (AvgIpc) is 2.89. The van der Waals surface area contributed by atoms with Gasteiger partial charge in [0.15, 0.2) is 0 Å². The van der Waals surface area contributed by atoms with Crippen LogP contribution >= 0.6 is 0 Å². The summed E-state index contributed by atoms with van der Waals surface area (Å²) in [5, 5.41) is 3.18. The zero-order chi connectivity index (χ0) is 15.5. The van der Waals surface area contributed by atoms with E-state index >= 15 is 0 Å². The van der Waals surface area contributed by atoms with Crippen LogP contribution in [0.1, 0.15) is 25.8 Å². The standard InChI is InChI=1S/C14H21FN2O3S/c1-10(2)16-8-11-3-4-13(15)14(7-11)21(18,19)17-12-5-6-20-9-12/h3-4,7,10,12,16-17H,5-6,8-9H2,1-2H3. The van der Waals surface area contributed by atoms with Crippen LogP contribution in [0.15, 0.2) is 23.1 Å². The van der Waals surface area contributed by atoms with Gasteiger partial charge < -0.3 is 10.1 Å². The van der Waals surface area contributed by atoms with Gasteiger partial charge in [-0.2, -0.15) is 0 Å². The summed E-state index contributed by atoms with van der Waals surface area (Å²) >= 11 is 0. The summed E-state index contributed by atoms with van der Waals surface area (Å²) in [4.78, 5) is -0.308. The fourth-order valence-electron chi connectivity index (χ4n) is 2.10. The molecular weight excluding hydrogens is 295 g/mol. The molecule has 2 rings (SSSR count). The molecule has 1 aliphatic rings. The Morgan fingerprint density at radius 2 is 2.19 bits per heavy atom. The number of sulfonamides is 1. The van der Waals surface area contributed by atoms with Gasteiger partial charge in [-0.05, 0) is 24.1 Å². The number of benzene rings is 1. The highest BCUT2D eigenvalue weighted by Crippen LogP contribution is 2.18. The minimum Gasteiger partial charge on any atom is -0.380 e. The molecule has 5 nitrogen and oxygen atoms in total. The van der Waals surface area contributed by atoms with Crippen LogP contribution in [0.4, 0.5) is 4.39 Å². The first-order valence-corrected chi connectivity index (χ1v) is 8.48. The van der Waals surface area contributed by atoms with E-state index in [-0.39, 0.29) is 17.0 Å². The van der Waals surface area contributed by atoms with Gasteiger partial charge in [0.25, 0.3) is 0 Å². The van der Waals surface area contributed by atoms with Crippen molar-refractivity contribution in [1.29, 1.82) is 0 Å². The summed E-state index contributed by atoms with van der Waals surface area (Å²) in [6.07, 6.45) is 0.607. The van der Waals surface area contributed by atoms with E-state index in [1.807, 2.05) is 13.8 Å². The third-order valence-electron chi connectivity index (χ3n) is 3.25. The van der Waals surface area contributed by atoms with Gasteiger partial charge in [-0.1, -0.05) is 19.9 Å². The molecule has 7 heteroatoms. The van der Waals surface area contributed by atoms with Crippen molar-refractivity contribution >= 4 is 10.0 Å². The van der Waals surface area contributed by atoms with Crippen LogP contribution in [0.5, 0.6) is 0 Å². The SMILES string of the molecule is CC(C)NCc1ccc(F)c(S(=O)(=O)NC2CCOC2)c1. The summed E-state index contributed by atoms with van der Waals surface area (Å²) in [5.41, 5.74) is 0.730. The fraction of sp³-hybridized carbons (Fsp3) is 0.571. The molecule has 1 aliphatic heterocycles. The quantitative estimate of drug-likeness (QED) is 0.832. The molecule has 21 heavy (non-hydrogen) atoms. The predicted molar refractivity (Wildman–Crippen MR) is 77.9 cm³/mol. The zero-order valence-corrected chi connectivity index (χ0v) is 13.0. The average molecular weight is 316 g/mol. The molecule has 1 fully saturated rings. The third kappa shape index (κ3) is 4.47. The van der Waals surface area contributed by atoms with E-state index in [2.05, 4.69) is 10.0 Å². The van der Waals surface area contributed by atoms with E-state index in [4.69, 9.17) is 4.74 Å². The minimum absolute atomic E-state index is 0.267. The second kappa shape index (κ2) is 6.83. The Morgan fingerprint density at radius 1 is 1.43 bits per heavy atom. The number of rotatable bonds is 6. The number of hydrogen-bond donors (Lipinski definition) is 2. The highest BCUT2D eigenvalue weighted by atomic mass is 32.2. The highest BCUT2D eigenvalue weighted by molar-refractivity contribution is 7.89. The van der Waals surface area contributed by atoms with Gasteiger partial charge >= 0.3 is 0 Å². The van der Waals surface area contributed by atoms with Crippen molar-refractivity contribution in [2.24, 2.45) is 0 Å². The highest BCUT2D eigenvalue weighted by Gasteiger charge is 2.26. The van der Waals surface area contributed by atoms with Crippen molar-refractivity contribution in [2.75, 3.05) is 13.2 Å². The normalized spacial score (nSPS) is 19.3. The molecule has 0 saturated carbocycles. The maximum absolute atomic E-state index is 13.9. The lowest BCUT2D eigenvalue weighted by atomic mass is 10.2. The molecule has 1 unspecified atom stereocenters. The first kappa shape index (κ1) is 16.4. The topological polar surface area (TPSA) is 67.4 Å². The predicted octanol–water partition coefficient (Wildman–Crippen LogP) is 1.39. The Bertz CT molecular complexity index is 584. The molecule has 1 atom stereocenters. The number of hydrogen-bond acceptors (Lipinski definition) is 4. The first-order valence-electron chi connectivity index (χ1n) is 7.00. The molecule has 0 amide bonds. The van der Waals surface area contributed by atoms with Crippen molar-refractivity contribution in [3.8, 4) is 0 Å². The Kier molecular flexibility index (Phi) is 5.32. The summed E-state index contributed by atoms with van der Waals surface area (Å²) in [6.45, 7) is 5.32. The van der Waals surface area contributed by atoms with Gasteiger partial charge in [0.1, 0.15) is 10.7 Å². The van der Waals surface area contributed by atoms with Gasteiger partial charge in [0.2, 0.25) is 10.0 Å². The smallest absolute Gasteiger partial charge is 0.243 e. The van der Waals surface area contributed by atoms with Crippen molar-refractivity contribution in [3.05, 3.63) is 29.6 Å². The molecule has 0 aliphatic carbocycles. The largest absolute Gasteiger partial charge is 0.380 e. The third-order valence-corrected chi connectivity index (χ3v) is 4.79. The van der Waals surface area contributed by atoms with Crippen LogP contribution < -0.4 is 10.0 Å². The van der Waals surface area contributed by atoms with E-state index in [9.17, 15) is 12.8 Å². The minimum atomic E-state index is -3.87. The molecule has 0 spiro atoms. The van der Waals surface area contributed by atoms with Gasteiger partial charge in [-0.15, -0.1) is 0 Å². The second-order valence-electron chi connectivity index (χ2n) is 5.48. The lowest BCUT2D eigenvalue weighted by Gasteiger charge is -2.14. The van der Waals surface area contributed by atoms with Crippen molar-refractivity contribution < 1.29 is 17.5 Å². The van der Waals surface area contributed by atoms with Gasteiger partial charge in [0.05, 0.1) is 6.61 Å². The Morgan fingerprint density at radius 3 is 2.81 bits per heavy atom. The molecule has 1 aromatic carbocycles. The van der Waals surface area contributed by atoms with Crippen molar-refractivity contribution in [2.45, 2.75) is 43.8 Å². The first-order chi connectivity index (χ1) is 9.88. The van der Waals surface area contributed by atoms with E-state index < -0.39 is 15.8 Å². The maximum Gasteiger partial charge on any atom is 0.243 e. The summed E-state index contributed by atoms with van der Waals surface area (Å²) < 4.78 is 46.0. The molecule has 0 aromatic heterocycles. The summed E-state index contributed by atoms with van der Waals surface area (Å²) in [5.74, 6) is -0.741. The van der Waals surface area contributed by atoms with Crippen LogP contribution in [0.3, 0.4) is 0 Å². The Labute approximate surface area is 124 Å². The van der Waals surface area contributed by atoms with Crippen LogP contribution in [0.2, 0.25) is 0 Å². The Balaban J connectivity index is 2.18. The van der Waals surface area contributed by atoms with Crippen LogP contribution in [-0.4, -0.2) is 33.7 Å². The maximum atomic E-state index is 13.9. The summed E-state index contributed by atoms with van der Waals surface area (Å²) in [7, 11) is -3.87. The van der Waals surface area contributed by atoms with E-state index in [1.54, 1.807) is 6.07 Å². The van der Waals surface area contributed by atoms with Crippen LogP contribution in [-0.2, 0) is 21.3 Å². The molecule has 1 aromatic rings. The monoisotopic (exact) mass is 316 g/mol. The van der Waals surface area contributed by atoms with E-state index in [0.717, 1.165) is 5.56 Å². The van der Waals surface area contributed by atoms with Crippen LogP contribution in [0.25, 0.3) is 0 Å². The lowest BCUT2D eigenvalue weighted by molar-refractivity contribution is 0.192. The number of halogens is 1.